The second-order valence-electron chi connectivity index (χ2n) is 4.81. The van der Waals surface area contributed by atoms with Crippen LogP contribution in [0.4, 0.5) is 8.78 Å². The number of alkyl halides is 3. The summed E-state index contributed by atoms with van der Waals surface area (Å²) in [7, 11) is -3.25. The zero-order valence-electron chi connectivity index (χ0n) is 10.4. The summed E-state index contributed by atoms with van der Waals surface area (Å²) in [6, 6.07) is 0. The van der Waals surface area contributed by atoms with Gasteiger partial charge in [-0.25, -0.2) is 17.2 Å². The maximum absolute atomic E-state index is 12.3. The monoisotopic (exact) mass is 335 g/mol. The van der Waals surface area contributed by atoms with E-state index in [0.717, 1.165) is 0 Å². The number of hydrogen-bond acceptors (Lipinski definition) is 3. The summed E-state index contributed by atoms with van der Waals surface area (Å²) >= 11 is 3.16. The first-order valence-electron chi connectivity index (χ1n) is 5.39. The molecule has 3 nitrogen and oxygen atoms in total. The summed E-state index contributed by atoms with van der Waals surface area (Å²) in [5.74, 6) is -0.0871. The van der Waals surface area contributed by atoms with E-state index >= 15 is 0 Å². The number of hydrogen-bond donors (Lipinski definition) is 0. The first-order valence-corrected chi connectivity index (χ1v) is 8.16. The van der Waals surface area contributed by atoms with Crippen LogP contribution in [0.1, 0.15) is 20.8 Å². The molecule has 0 N–H and O–H groups in total. The van der Waals surface area contributed by atoms with Crippen molar-refractivity contribution in [3.8, 4) is 0 Å². The lowest BCUT2D eigenvalue weighted by molar-refractivity contribution is 0.0943. The molecule has 0 radical (unpaired) electrons. The zero-order valence-corrected chi connectivity index (χ0v) is 12.8. The summed E-state index contributed by atoms with van der Waals surface area (Å²) in [5.41, 5.74) is 0. The Morgan fingerprint density at radius 1 is 1.24 bits per heavy atom. The number of rotatable bonds is 7. The molecule has 0 aromatic heterocycles. The van der Waals surface area contributed by atoms with Crippen LogP contribution in [0.25, 0.3) is 0 Å². The molecule has 0 aliphatic rings. The van der Waals surface area contributed by atoms with Gasteiger partial charge in [0.15, 0.2) is 9.84 Å². The molecule has 104 valence electrons. The molecule has 0 aliphatic heterocycles. The lowest BCUT2D eigenvalue weighted by atomic mass is 10.3. The molecule has 0 atom stereocenters. The van der Waals surface area contributed by atoms with E-state index in [4.69, 9.17) is 0 Å². The van der Waals surface area contributed by atoms with Gasteiger partial charge in [0.25, 0.3) is 6.43 Å². The normalized spacial score (nSPS) is 13.6. The molecule has 0 saturated heterocycles. The number of sulfone groups is 1. The molecule has 0 heterocycles. The van der Waals surface area contributed by atoms with Gasteiger partial charge < -0.3 is 0 Å². The highest BCUT2D eigenvalue weighted by Gasteiger charge is 2.29. The van der Waals surface area contributed by atoms with Gasteiger partial charge in [0.1, 0.15) is 0 Å². The fraction of sp³-hybridized carbons (Fsp3) is 1.00. The highest BCUT2D eigenvalue weighted by Crippen LogP contribution is 2.16. The molecule has 0 aliphatic carbocycles. The molecule has 0 fully saturated rings. The van der Waals surface area contributed by atoms with E-state index in [2.05, 4.69) is 15.9 Å². The minimum atomic E-state index is -3.25. The number of nitrogens with zero attached hydrogens (tertiary/aromatic N) is 1. The maximum Gasteiger partial charge on any atom is 0.251 e. The molecular formula is C10H20BrF2NO2S. The molecule has 0 unspecified atom stereocenters. The van der Waals surface area contributed by atoms with Crippen molar-refractivity contribution in [2.45, 2.75) is 31.9 Å². The van der Waals surface area contributed by atoms with Crippen LogP contribution in [0.3, 0.4) is 0 Å². The highest BCUT2D eigenvalue weighted by atomic mass is 79.9. The van der Waals surface area contributed by atoms with Crippen molar-refractivity contribution in [2.75, 3.05) is 30.7 Å². The highest BCUT2D eigenvalue weighted by molar-refractivity contribution is 9.09. The SMILES string of the molecule is CC(C)(C)S(=O)(=O)CCN(CCBr)CC(F)F. The zero-order chi connectivity index (χ0) is 13.7. The van der Waals surface area contributed by atoms with E-state index in [9.17, 15) is 17.2 Å². The van der Waals surface area contributed by atoms with E-state index in [-0.39, 0.29) is 18.8 Å². The summed E-state index contributed by atoms with van der Waals surface area (Å²) in [5, 5.41) is 0.551. The second kappa shape index (κ2) is 6.99. The van der Waals surface area contributed by atoms with Gasteiger partial charge in [0, 0.05) is 18.4 Å². The van der Waals surface area contributed by atoms with Crippen LogP contribution in [0.2, 0.25) is 0 Å². The molecule has 0 rings (SSSR count). The lowest BCUT2D eigenvalue weighted by Gasteiger charge is -2.24. The van der Waals surface area contributed by atoms with E-state index in [1.54, 1.807) is 20.8 Å². The van der Waals surface area contributed by atoms with Crippen LogP contribution >= 0.6 is 15.9 Å². The molecule has 0 aromatic carbocycles. The fourth-order valence-corrected chi connectivity index (χ4v) is 2.78. The average molecular weight is 336 g/mol. The van der Waals surface area contributed by atoms with Crippen LogP contribution in [-0.2, 0) is 9.84 Å². The van der Waals surface area contributed by atoms with Gasteiger partial charge in [-0.2, -0.15) is 0 Å². The minimum absolute atomic E-state index is 0.0871. The largest absolute Gasteiger partial charge is 0.296 e. The average Bonchev–Trinajstić information content (AvgIpc) is 2.12. The Balaban J connectivity index is 4.40. The van der Waals surface area contributed by atoms with Crippen molar-refractivity contribution in [3.63, 3.8) is 0 Å². The predicted molar refractivity (Wildman–Crippen MR) is 69.8 cm³/mol. The third-order valence-electron chi connectivity index (χ3n) is 2.41. The van der Waals surface area contributed by atoms with Crippen molar-refractivity contribution in [1.82, 2.24) is 4.90 Å². The molecular weight excluding hydrogens is 316 g/mol. The summed E-state index contributed by atoms with van der Waals surface area (Å²) in [6.45, 7) is 5.03. The van der Waals surface area contributed by atoms with Crippen molar-refractivity contribution >= 4 is 25.8 Å². The van der Waals surface area contributed by atoms with Crippen LogP contribution in [0, 0.1) is 0 Å². The second-order valence-corrected chi connectivity index (χ2v) is 8.47. The topological polar surface area (TPSA) is 37.4 Å². The Morgan fingerprint density at radius 2 is 1.76 bits per heavy atom. The van der Waals surface area contributed by atoms with Crippen LogP contribution in [0.15, 0.2) is 0 Å². The number of halogens is 3. The van der Waals surface area contributed by atoms with E-state index in [0.29, 0.717) is 11.9 Å². The van der Waals surface area contributed by atoms with Gasteiger partial charge in [-0.1, -0.05) is 15.9 Å². The Labute approximate surface area is 111 Å². The summed E-state index contributed by atoms with van der Waals surface area (Å²) in [6.07, 6.45) is -2.44. The Bertz CT molecular complexity index is 315. The van der Waals surface area contributed by atoms with Crippen molar-refractivity contribution < 1.29 is 17.2 Å². The van der Waals surface area contributed by atoms with Gasteiger partial charge in [0.2, 0.25) is 0 Å². The fourth-order valence-electron chi connectivity index (χ4n) is 1.16. The van der Waals surface area contributed by atoms with Gasteiger partial charge in [-0.3, -0.25) is 4.90 Å². The summed E-state index contributed by atoms with van der Waals surface area (Å²) < 4.78 is 47.3. The quantitative estimate of drug-likeness (QED) is 0.669. The first-order chi connectivity index (χ1) is 7.60. The van der Waals surface area contributed by atoms with Crippen molar-refractivity contribution in [1.29, 1.82) is 0 Å². The molecule has 0 aromatic rings. The van der Waals surface area contributed by atoms with Gasteiger partial charge >= 0.3 is 0 Å². The van der Waals surface area contributed by atoms with E-state index in [1.165, 1.54) is 4.90 Å². The van der Waals surface area contributed by atoms with Crippen molar-refractivity contribution in [3.05, 3.63) is 0 Å². The lowest BCUT2D eigenvalue weighted by Crippen LogP contribution is -2.39. The van der Waals surface area contributed by atoms with E-state index < -0.39 is 21.0 Å². The minimum Gasteiger partial charge on any atom is -0.296 e. The standard InChI is InChI=1S/C10H20BrF2NO2S/c1-10(2,3)17(15,16)7-6-14(5-4-11)8-9(12)13/h9H,4-8H2,1-3H3. The van der Waals surface area contributed by atoms with Crippen LogP contribution in [0.5, 0.6) is 0 Å². The molecule has 0 saturated carbocycles. The molecule has 0 spiro atoms. The molecule has 0 amide bonds. The van der Waals surface area contributed by atoms with Gasteiger partial charge in [-0.05, 0) is 20.8 Å². The van der Waals surface area contributed by atoms with Gasteiger partial charge in [0.05, 0.1) is 17.0 Å². The molecule has 0 bridgehead atoms. The first kappa shape index (κ1) is 17.2. The van der Waals surface area contributed by atoms with Crippen molar-refractivity contribution in [2.24, 2.45) is 0 Å². The maximum atomic E-state index is 12.3. The van der Waals surface area contributed by atoms with Crippen LogP contribution in [-0.4, -0.2) is 55.2 Å². The molecule has 17 heavy (non-hydrogen) atoms. The summed E-state index contributed by atoms with van der Waals surface area (Å²) in [4.78, 5) is 1.46. The van der Waals surface area contributed by atoms with E-state index in [1.807, 2.05) is 0 Å². The predicted octanol–water partition coefficient (Wildman–Crippen LogP) is 2.16. The van der Waals surface area contributed by atoms with Crippen LogP contribution < -0.4 is 0 Å². The third-order valence-corrected chi connectivity index (χ3v) is 5.35. The molecule has 7 heteroatoms. The smallest absolute Gasteiger partial charge is 0.251 e. The Kier molecular flexibility index (Phi) is 7.09. The Morgan fingerprint density at radius 3 is 2.12 bits per heavy atom. The third kappa shape index (κ3) is 6.67. The Hall–Kier alpha value is 0.250. The van der Waals surface area contributed by atoms with Gasteiger partial charge in [-0.15, -0.1) is 0 Å².